The zero-order valence-corrected chi connectivity index (χ0v) is 7.85. The van der Waals surface area contributed by atoms with Crippen molar-refractivity contribution < 1.29 is 24.5 Å². The molecule has 0 aliphatic heterocycles. The normalized spacial score (nSPS) is 12.6. The molecule has 0 radical (unpaired) electrons. The summed E-state index contributed by atoms with van der Waals surface area (Å²) >= 11 is 0. The molecule has 0 fully saturated rings. The van der Waals surface area contributed by atoms with E-state index in [1.54, 1.807) is 6.07 Å². The predicted molar refractivity (Wildman–Crippen MR) is 44.5 cm³/mol. The van der Waals surface area contributed by atoms with Gasteiger partial charge in [0.15, 0.2) is 5.92 Å². The molecule has 0 aromatic carbocycles. The maximum Gasteiger partial charge on any atom is 0.505 e. The lowest BCUT2D eigenvalue weighted by Gasteiger charge is -2.25. The van der Waals surface area contributed by atoms with E-state index in [0.717, 1.165) is 0 Å². The van der Waals surface area contributed by atoms with Crippen LogP contribution in [0.3, 0.4) is 0 Å². The predicted octanol–water partition coefficient (Wildman–Crippen LogP) is 0.932. The van der Waals surface area contributed by atoms with Crippen LogP contribution in [0.25, 0.3) is 0 Å². The van der Waals surface area contributed by atoms with Gasteiger partial charge in [-0.2, -0.15) is 5.26 Å². The monoisotopic (exact) mass is 201 g/mol. The lowest BCUT2D eigenvalue weighted by molar-refractivity contribution is -0.144. The average Bonchev–Trinajstić information content (AvgIpc) is 2.01. The molecule has 0 bridgehead atoms. The number of nitriles is 1. The van der Waals surface area contributed by atoms with Crippen molar-refractivity contribution in [3.05, 3.63) is 0 Å². The van der Waals surface area contributed by atoms with Crippen LogP contribution in [0.2, 0.25) is 0 Å². The molecule has 0 spiro atoms. The van der Waals surface area contributed by atoms with Crippen molar-refractivity contribution in [1.29, 1.82) is 5.26 Å². The van der Waals surface area contributed by atoms with E-state index in [4.69, 9.17) is 15.5 Å². The fourth-order valence-corrected chi connectivity index (χ4v) is 0.895. The van der Waals surface area contributed by atoms with E-state index in [1.807, 2.05) is 0 Å². The molecule has 1 unspecified atom stereocenters. The van der Waals surface area contributed by atoms with E-state index in [1.165, 1.54) is 13.8 Å². The summed E-state index contributed by atoms with van der Waals surface area (Å²) in [6.07, 6.45) is -1.49. The van der Waals surface area contributed by atoms with E-state index >= 15 is 0 Å². The van der Waals surface area contributed by atoms with E-state index in [9.17, 15) is 9.59 Å². The van der Waals surface area contributed by atoms with Crippen LogP contribution in [0.15, 0.2) is 0 Å². The Kier molecular flexibility index (Phi) is 3.90. The number of ether oxygens (including phenoxy) is 1. The van der Waals surface area contributed by atoms with Gasteiger partial charge in [-0.05, 0) is 0 Å². The number of rotatable bonds is 4. The molecular weight excluding hydrogens is 190 g/mol. The Morgan fingerprint density at radius 1 is 1.50 bits per heavy atom. The molecule has 0 aromatic rings. The van der Waals surface area contributed by atoms with Gasteiger partial charge in [0.1, 0.15) is 6.61 Å². The highest BCUT2D eigenvalue weighted by molar-refractivity contribution is 5.74. The number of carbonyl (C=O) groups is 2. The first-order chi connectivity index (χ1) is 6.31. The van der Waals surface area contributed by atoms with Crippen LogP contribution in [-0.2, 0) is 9.53 Å². The second-order valence-electron chi connectivity index (χ2n) is 3.44. The minimum absolute atomic E-state index is 0.327. The Morgan fingerprint density at radius 3 is 2.29 bits per heavy atom. The van der Waals surface area contributed by atoms with Gasteiger partial charge in [0.05, 0.1) is 6.07 Å². The smallest absolute Gasteiger partial charge is 0.480 e. The van der Waals surface area contributed by atoms with E-state index < -0.39 is 23.5 Å². The number of carboxylic acid groups (broad SMARTS) is 2. The maximum atomic E-state index is 10.6. The fourth-order valence-electron chi connectivity index (χ4n) is 0.895. The lowest BCUT2D eigenvalue weighted by atomic mass is 9.80. The summed E-state index contributed by atoms with van der Waals surface area (Å²) in [5, 5.41) is 25.4. The van der Waals surface area contributed by atoms with Gasteiger partial charge < -0.3 is 14.9 Å². The summed E-state index contributed by atoms with van der Waals surface area (Å²) in [6, 6.07) is 1.59. The molecule has 0 heterocycles. The van der Waals surface area contributed by atoms with Crippen molar-refractivity contribution in [3.8, 4) is 6.07 Å². The Balaban J connectivity index is 4.51. The number of hydrogen-bond acceptors (Lipinski definition) is 4. The molecule has 0 aliphatic rings. The molecule has 0 aromatic heterocycles. The molecule has 78 valence electrons. The standard InChI is InChI=1S/C8H11NO5/c1-8(2,4-14-7(12)13)5(3-9)6(10)11/h5H,4H2,1-2H3,(H,10,11)(H,12,13). The Hall–Kier alpha value is -1.77. The first-order valence-corrected chi connectivity index (χ1v) is 3.79. The van der Waals surface area contributed by atoms with E-state index in [0.29, 0.717) is 0 Å². The summed E-state index contributed by atoms with van der Waals surface area (Å²) in [4.78, 5) is 20.7. The van der Waals surface area contributed by atoms with E-state index in [2.05, 4.69) is 4.74 Å². The quantitative estimate of drug-likeness (QED) is 0.655. The third-order valence-electron chi connectivity index (χ3n) is 1.73. The van der Waals surface area contributed by atoms with Crippen LogP contribution in [0.4, 0.5) is 4.79 Å². The molecule has 0 aliphatic carbocycles. The summed E-state index contributed by atoms with van der Waals surface area (Å²) in [6.45, 7) is 2.59. The van der Waals surface area contributed by atoms with Gasteiger partial charge in [0.25, 0.3) is 0 Å². The number of carboxylic acids is 1. The van der Waals surface area contributed by atoms with Crippen LogP contribution in [0.5, 0.6) is 0 Å². The molecule has 1 atom stereocenters. The van der Waals surface area contributed by atoms with Crippen LogP contribution in [-0.4, -0.2) is 28.9 Å². The molecule has 0 saturated heterocycles. The van der Waals surface area contributed by atoms with Crippen molar-refractivity contribution in [2.75, 3.05) is 6.61 Å². The first-order valence-electron chi connectivity index (χ1n) is 3.79. The molecule has 0 saturated carbocycles. The molecule has 2 N–H and O–H groups in total. The second kappa shape index (κ2) is 4.46. The molecule has 0 amide bonds. The highest BCUT2D eigenvalue weighted by atomic mass is 16.7. The highest BCUT2D eigenvalue weighted by Gasteiger charge is 2.36. The van der Waals surface area contributed by atoms with Gasteiger partial charge in [0.2, 0.25) is 0 Å². The van der Waals surface area contributed by atoms with Crippen LogP contribution >= 0.6 is 0 Å². The molecule has 14 heavy (non-hydrogen) atoms. The highest BCUT2D eigenvalue weighted by Crippen LogP contribution is 2.26. The topological polar surface area (TPSA) is 108 Å². The number of nitrogens with zero attached hydrogens (tertiary/aromatic N) is 1. The SMILES string of the molecule is CC(C)(COC(=O)O)C(C#N)C(=O)O. The van der Waals surface area contributed by atoms with Crippen molar-refractivity contribution in [3.63, 3.8) is 0 Å². The molecule has 6 heteroatoms. The van der Waals surface area contributed by atoms with E-state index in [-0.39, 0.29) is 6.61 Å². The average molecular weight is 201 g/mol. The van der Waals surface area contributed by atoms with Crippen molar-refractivity contribution in [2.24, 2.45) is 11.3 Å². The van der Waals surface area contributed by atoms with Gasteiger partial charge in [-0.1, -0.05) is 13.8 Å². The minimum Gasteiger partial charge on any atom is -0.480 e. The van der Waals surface area contributed by atoms with Crippen molar-refractivity contribution in [2.45, 2.75) is 13.8 Å². The largest absolute Gasteiger partial charge is 0.505 e. The third-order valence-corrected chi connectivity index (χ3v) is 1.73. The van der Waals surface area contributed by atoms with Gasteiger partial charge in [0, 0.05) is 5.41 Å². The summed E-state index contributed by atoms with van der Waals surface area (Å²) in [7, 11) is 0. The van der Waals surface area contributed by atoms with Gasteiger partial charge >= 0.3 is 12.1 Å². The summed E-state index contributed by atoms with van der Waals surface area (Å²) in [5.41, 5.74) is -1.04. The van der Waals surface area contributed by atoms with Crippen LogP contribution in [0.1, 0.15) is 13.8 Å². The molecular formula is C8H11NO5. The van der Waals surface area contributed by atoms with Gasteiger partial charge in [-0.25, -0.2) is 4.79 Å². The fraction of sp³-hybridized carbons (Fsp3) is 0.625. The molecule has 6 nitrogen and oxygen atoms in total. The Labute approximate surface area is 80.7 Å². The first kappa shape index (κ1) is 12.2. The maximum absolute atomic E-state index is 10.6. The van der Waals surface area contributed by atoms with Gasteiger partial charge in [-0.3, -0.25) is 4.79 Å². The van der Waals surface area contributed by atoms with Crippen molar-refractivity contribution in [1.82, 2.24) is 0 Å². The Bertz CT molecular complexity index is 278. The Morgan fingerprint density at radius 2 is 2.00 bits per heavy atom. The third kappa shape index (κ3) is 3.31. The summed E-state index contributed by atoms with van der Waals surface area (Å²) < 4.78 is 4.24. The number of hydrogen-bond donors (Lipinski definition) is 2. The zero-order valence-electron chi connectivity index (χ0n) is 7.85. The van der Waals surface area contributed by atoms with Crippen molar-refractivity contribution >= 4 is 12.1 Å². The summed E-state index contributed by atoms with van der Waals surface area (Å²) in [5.74, 6) is -2.58. The molecule has 0 rings (SSSR count). The second-order valence-corrected chi connectivity index (χ2v) is 3.44. The van der Waals surface area contributed by atoms with Crippen LogP contribution in [0, 0.1) is 22.7 Å². The lowest BCUT2D eigenvalue weighted by Crippen LogP contribution is -2.34. The van der Waals surface area contributed by atoms with Crippen LogP contribution < -0.4 is 0 Å². The zero-order chi connectivity index (χ0) is 11.4. The van der Waals surface area contributed by atoms with Gasteiger partial charge in [-0.15, -0.1) is 0 Å². The number of aliphatic carboxylic acids is 1. The minimum atomic E-state index is -1.49.